The predicted molar refractivity (Wildman–Crippen MR) is 73.9 cm³/mol. The molecule has 96 valence electrons. The summed E-state index contributed by atoms with van der Waals surface area (Å²) in [6.45, 7) is 2.46. The summed E-state index contributed by atoms with van der Waals surface area (Å²) < 4.78 is 1.76. The van der Waals surface area contributed by atoms with E-state index in [0.29, 0.717) is 12.1 Å². The molecule has 2 heterocycles. The molecule has 0 fully saturated rings. The Labute approximate surface area is 110 Å². The zero-order valence-electron chi connectivity index (χ0n) is 10.5. The Bertz CT molecular complexity index is 731. The van der Waals surface area contributed by atoms with Crippen LogP contribution < -0.4 is 5.73 Å². The monoisotopic (exact) mass is 254 g/mol. The van der Waals surface area contributed by atoms with Gasteiger partial charge in [0.25, 0.3) is 6.01 Å². The summed E-state index contributed by atoms with van der Waals surface area (Å²) in [4.78, 5) is 8.28. The van der Waals surface area contributed by atoms with Gasteiger partial charge in [-0.05, 0) is 30.7 Å². The van der Waals surface area contributed by atoms with E-state index in [1.165, 1.54) is 0 Å². The van der Waals surface area contributed by atoms with Gasteiger partial charge in [0.15, 0.2) is 0 Å². The van der Waals surface area contributed by atoms with Crippen molar-refractivity contribution in [3.63, 3.8) is 0 Å². The summed E-state index contributed by atoms with van der Waals surface area (Å²) in [7, 11) is 0. The normalized spacial score (nSPS) is 11.0. The van der Waals surface area contributed by atoms with E-state index >= 15 is 0 Å². The van der Waals surface area contributed by atoms with Crippen molar-refractivity contribution in [3.05, 3.63) is 47.8 Å². The topological polar surface area (TPSA) is 77.0 Å². The number of hydrogen-bond acceptors (Lipinski definition) is 4. The fourth-order valence-electron chi connectivity index (χ4n) is 2.08. The first kappa shape index (κ1) is 11.5. The molecule has 0 aliphatic carbocycles. The number of rotatable bonds is 2. The van der Waals surface area contributed by atoms with E-state index < -0.39 is 0 Å². The van der Waals surface area contributed by atoms with Gasteiger partial charge in [-0.3, -0.25) is 9.55 Å². The molecule has 0 bridgehead atoms. The van der Waals surface area contributed by atoms with Crippen LogP contribution >= 0.6 is 0 Å². The third kappa shape index (κ3) is 2.10. The minimum atomic E-state index is -0.000718. The molecule has 0 aliphatic rings. The van der Waals surface area contributed by atoms with E-state index in [0.717, 1.165) is 22.5 Å². The predicted octanol–water partition coefficient (Wildman–Crippen LogP) is 2.08. The second-order valence-electron chi connectivity index (χ2n) is 4.55. The Hall–Kier alpha value is -2.56. The second kappa shape index (κ2) is 4.28. The van der Waals surface area contributed by atoms with Crippen LogP contribution in [0.4, 0.5) is 5.69 Å². The molecule has 3 rings (SSSR count). The molecule has 0 atom stereocenters. The molecule has 0 aliphatic heterocycles. The highest BCUT2D eigenvalue weighted by Crippen LogP contribution is 2.22. The lowest BCUT2D eigenvalue weighted by Crippen LogP contribution is -1.99. The Kier molecular flexibility index (Phi) is 2.59. The molecule has 0 saturated carbocycles. The first-order valence-corrected chi connectivity index (χ1v) is 6.00. The molecule has 0 saturated heterocycles. The SMILES string of the molecule is Cc1cc2c(cn1)nc(O)n2Cc1ccc(N)cc1. The minimum absolute atomic E-state index is 0.000718. The van der Waals surface area contributed by atoms with Crippen LogP contribution in [-0.4, -0.2) is 19.6 Å². The fourth-order valence-corrected chi connectivity index (χ4v) is 2.08. The number of nitrogen functional groups attached to an aromatic ring is 1. The van der Waals surface area contributed by atoms with Gasteiger partial charge >= 0.3 is 0 Å². The highest BCUT2D eigenvalue weighted by Gasteiger charge is 2.10. The maximum absolute atomic E-state index is 9.94. The summed E-state index contributed by atoms with van der Waals surface area (Å²) in [5.41, 5.74) is 9.91. The third-order valence-electron chi connectivity index (χ3n) is 3.07. The largest absolute Gasteiger partial charge is 0.480 e. The van der Waals surface area contributed by atoms with Crippen LogP contribution in [0, 0.1) is 6.92 Å². The Morgan fingerprint density at radius 2 is 2.00 bits per heavy atom. The van der Waals surface area contributed by atoms with E-state index in [1.54, 1.807) is 10.8 Å². The molecular weight excluding hydrogens is 240 g/mol. The first-order chi connectivity index (χ1) is 9.13. The molecule has 19 heavy (non-hydrogen) atoms. The number of pyridine rings is 1. The van der Waals surface area contributed by atoms with Crippen molar-refractivity contribution in [2.75, 3.05) is 5.73 Å². The smallest absolute Gasteiger partial charge is 0.295 e. The number of anilines is 1. The van der Waals surface area contributed by atoms with Crippen LogP contribution in [0.5, 0.6) is 6.01 Å². The molecule has 3 N–H and O–H groups in total. The molecule has 0 unspecified atom stereocenters. The quantitative estimate of drug-likeness (QED) is 0.686. The molecule has 0 amide bonds. The van der Waals surface area contributed by atoms with E-state index in [2.05, 4.69) is 9.97 Å². The Balaban J connectivity index is 2.06. The molecule has 5 nitrogen and oxygen atoms in total. The van der Waals surface area contributed by atoms with Crippen LogP contribution in [0.1, 0.15) is 11.3 Å². The van der Waals surface area contributed by atoms with Gasteiger partial charge in [-0.25, -0.2) is 0 Å². The van der Waals surface area contributed by atoms with Crippen molar-refractivity contribution in [2.45, 2.75) is 13.5 Å². The summed E-state index contributed by atoms with van der Waals surface area (Å²) >= 11 is 0. The lowest BCUT2D eigenvalue weighted by atomic mass is 10.2. The molecule has 3 aromatic rings. The molecule has 1 aromatic carbocycles. The fraction of sp³-hybridized carbons (Fsp3) is 0.143. The number of aromatic nitrogens is 3. The van der Waals surface area contributed by atoms with Crippen molar-refractivity contribution < 1.29 is 5.11 Å². The van der Waals surface area contributed by atoms with Crippen molar-refractivity contribution in [2.24, 2.45) is 0 Å². The van der Waals surface area contributed by atoms with Gasteiger partial charge in [-0.1, -0.05) is 12.1 Å². The average Bonchev–Trinajstić information content (AvgIpc) is 2.69. The average molecular weight is 254 g/mol. The van der Waals surface area contributed by atoms with Gasteiger partial charge in [-0.15, -0.1) is 0 Å². The number of benzene rings is 1. The Morgan fingerprint density at radius 1 is 1.26 bits per heavy atom. The van der Waals surface area contributed by atoms with Crippen LogP contribution in [0.25, 0.3) is 11.0 Å². The highest BCUT2D eigenvalue weighted by molar-refractivity contribution is 5.76. The molecule has 0 spiro atoms. The van der Waals surface area contributed by atoms with Crippen molar-refractivity contribution in [1.82, 2.24) is 14.5 Å². The summed E-state index contributed by atoms with van der Waals surface area (Å²) in [5, 5.41) is 9.94. The number of imidazole rings is 1. The van der Waals surface area contributed by atoms with Crippen LogP contribution in [-0.2, 0) is 6.54 Å². The lowest BCUT2D eigenvalue weighted by Gasteiger charge is -2.06. The minimum Gasteiger partial charge on any atom is -0.480 e. The van der Waals surface area contributed by atoms with E-state index in [9.17, 15) is 5.11 Å². The number of hydrogen-bond donors (Lipinski definition) is 2. The lowest BCUT2D eigenvalue weighted by molar-refractivity contribution is 0.409. The van der Waals surface area contributed by atoms with E-state index in [4.69, 9.17) is 5.73 Å². The van der Waals surface area contributed by atoms with E-state index in [1.807, 2.05) is 37.3 Å². The van der Waals surface area contributed by atoms with Gasteiger partial charge in [0.05, 0.1) is 18.3 Å². The Morgan fingerprint density at radius 3 is 2.74 bits per heavy atom. The number of nitrogens with zero attached hydrogens (tertiary/aromatic N) is 3. The summed E-state index contributed by atoms with van der Waals surface area (Å²) in [5.74, 6) is 0. The zero-order chi connectivity index (χ0) is 13.4. The first-order valence-electron chi connectivity index (χ1n) is 6.00. The standard InChI is InChI=1S/C14H14N4O/c1-9-6-13-12(7-16-9)17-14(19)18(13)8-10-2-4-11(15)5-3-10/h2-7H,8,15H2,1H3,(H,17,19). The van der Waals surface area contributed by atoms with Gasteiger partial charge in [-0.2, -0.15) is 4.98 Å². The van der Waals surface area contributed by atoms with Crippen molar-refractivity contribution in [3.8, 4) is 6.01 Å². The second-order valence-corrected chi connectivity index (χ2v) is 4.55. The van der Waals surface area contributed by atoms with Crippen molar-refractivity contribution in [1.29, 1.82) is 0 Å². The van der Waals surface area contributed by atoms with Gasteiger partial charge < -0.3 is 10.8 Å². The van der Waals surface area contributed by atoms with Gasteiger partial charge in [0.1, 0.15) is 5.52 Å². The zero-order valence-corrected chi connectivity index (χ0v) is 10.5. The van der Waals surface area contributed by atoms with Crippen molar-refractivity contribution >= 4 is 16.7 Å². The maximum atomic E-state index is 9.94. The molecule has 2 aromatic heterocycles. The molecule has 0 radical (unpaired) electrons. The third-order valence-corrected chi connectivity index (χ3v) is 3.07. The van der Waals surface area contributed by atoms with Crippen LogP contribution in [0.3, 0.4) is 0 Å². The number of aromatic hydroxyl groups is 1. The molecular formula is C14H14N4O. The van der Waals surface area contributed by atoms with Crippen LogP contribution in [0.2, 0.25) is 0 Å². The number of nitrogens with two attached hydrogens (primary N) is 1. The maximum Gasteiger partial charge on any atom is 0.295 e. The summed E-state index contributed by atoms with van der Waals surface area (Å²) in [6, 6.07) is 9.48. The number of fused-ring (bicyclic) bond motifs is 1. The van der Waals surface area contributed by atoms with E-state index in [-0.39, 0.29) is 6.01 Å². The number of aryl methyl sites for hydroxylation is 1. The molecule has 5 heteroatoms. The van der Waals surface area contributed by atoms with Gasteiger partial charge in [0, 0.05) is 11.4 Å². The highest BCUT2D eigenvalue weighted by atomic mass is 16.3. The summed E-state index contributed by atoms with van der Waals surface area (Å²) in [6.07, 6.45) is 1.67. The van der Waals surface area contributed by atoms with Gasteiger partial charge in [0.2, 0.25) is 0 Å². The van der Waals surface area contributed by atoms with Crippen LogP contribution in [0.15, 0.2) is 36.5 Å².